The Morgan fingerprint density at radius 3 is 2.93 bits per heavy atom. The molecule has 1 unspecified atom stereocenters. The Morgan fingerprint density at radius 1 is 1.29 bits per heavy atom. The van der Waals surface area contributed by atoms with Crippen molar-refractivity contribution < 1.29 is 0 Å². The van der Waals surface area contributed by atoms with Crippen LogP contribution >= 0.6 is 0 Å². The van der Waals surface area contributed by atoms with Gasteiger partial charge < -0.3 is 4.90 Å². The lowest BCUT2D eigenvalue weighted by Crippen LogP contribution is -2.24. The van der Waals surface area contributed by atoms with Crippen molar-refractivity contribution in [3.05, 3.63) is 12.4 Å². The van der Waals surface area contributed by atoms with Gasteiger partial charge in [0.25, 0.3) is 0 Å². The van der Waals surface area contributed by atoms with Crippen molar-refractivity contribution in [1.82, 2.24) is 19.9 Å². The third-order valence-corrected chi connectivity index (χ3v) is 3.28. The Hall–Kier alpha value is -0.900. The summed E-state index contributed by atoms with van der Waals surface area (Å²) in [6.07, 6.45) is 7.87. The summed E-state index contributed by atoms with van der Waals surface area (Å²) in [6.45, 7) is 3.71. The number of hydrogen-bond donors (Lipinski definition) is 0. The quantitative estimate of drug-likeness (QED) is 0.714. The van der Waals surface area contributed by atoms with Crippen LogP contribution in [0.25, 0.3) is 0 Å². The van der Waals surface area contributed by atoms with Gasteiger partial charge in [0, 0.05) is 25.8 Å². The molecule has 0 amide bonds. The highest BCUT2D eigenvalue weighted by Gasteiger charge is 2.29. The normalized spacial score (nSPS) is 28.4. The minimum atomic E-state index is 0.566. The molecule has 1 atom stereocenters. The van der Waals surface area contributed by atoms with Crippen LogP contribution in [0.15, 0.2) is 12.4 Å². The number of likely N-dealkylation sites (tertiary alicyclic amines) is 1. The zero-order chi connectivity index (χ0) is 9.38. The predicted molar refractivity (Wildman–Crippen MR) is 52.8 cm³/mol. The first-order chi connectivity index (χ1) is 6.92. The molecule has 0 spiro atoms. The minimum absolute atomic E-state index is 0.566. The van der Waals surface area contributed by atoms with Crippen LogP contribution in [0.4, 0.5) is 0 Å². The number of hydrogen-bond acceptors (Lipinski definition) is 3. The smallest absolute Gasteiger partial charge is 0.0693 e. The fourth-order valence-electron chi connectivity index (χ4n) is 2.27. The second kappa shape index (κ2) is 3.35. The summed E-state index contributed by atoms with van der Waals surface area (Å²) in [5, 5.41) is 7.93. The summed E-state index contributed by atoms with van der Waals surface area (Å²) < 4.78 is 2.01. The maximum absolute atomic E-state index is 4.07. The summed E-state index contributed by atoms with van der Waals surface area (Å²) in [4.78, 5) is 2.57. The first-order valence-corrected chi connectivity index (χ1v) is 5.50. The molecule has 4 heteroatoms. The lowest BCUT2D eigenvalue weighted by atomic mass is 10.3. The Bertz CT molecular complexity index is 291. The van der Waals surface area contributed by atoms with Crippen molar-refractivity contribution in [3.63, 3.8) is 0 Å². The fourth-order valence-corrected chi connectivity index (χ4v) is 2.27. The summed E-state index contributed by atoms with van der Waals surface area (Å²) in [6, 6.07) is 0.566. The molecule has 2 fully saturated rings. The van der Waals surface area contributed by atoms with E-state index < -0.39 is 0 Å². The van der Waals surface area contributed by atoms with E-state index in [2.05, 4.69) is 15.2 Å². The lowest BCUT2D eigenvalue weighted by molar-refractivity contribution is 0.305. The molecular weight excluding hydrogens is 176 g/mol. The van der Waals surface area contributed by atoms with Crippen molar-refractivity contribution >= 4 is 0 Å². The summed E-state index contributed by atoms with van der Waals surface area (Å²) in [5.74, 6) is 1.00. The van der Waals surface area contributed by atoms with Gasteiger partial charge in [-0.2, -0.15) is 0 Å². The fraction of sp³-hybridized carbons (Fsp3) is 0.800. The van der Waals surface area contributed by atoms with Gasteiger partial charge in [0.1, 0.15) is 0 Å². The third kappa shape index (κ3) is 1.66. The Kier molecular flexibility index (Phi) is 2.01. The monoisotopic (exact) mass is 192 g/mol. The van der Waals surface area contributed by atoms with E-state index in [1.165, 1.54) is 38.9 Å². The average Bonchev–Trinajstić information content (AvgIpc) is 2.71. The number of rotatable bonds is 3. The molecule has 0 N–H and O–H groups in total. The molecule has 1 aliphatic heterocycles. The molecule has 0 bridgehead atoms. The maximum atomic E-state index is 4.07. The van der Waals surface area contributed by atoms with Crippen molar-refractivity contribution in [3.8, 4) is 0 Å². The molecule has 76 valence electrons. The van der Waals surface area contributed by atoms with Gasteiger partial charge in [-0.05, 0) is 25.2 Å². The van der Waals surface area contributed by atoms with Gasteiger partial charge in [0.15, 0.2) is 0 Å². The number of nitrogens with zero attached hydrogens (tertiary/aromatic N) is 4. The SMILES string of the molecule is c1cn(C2CCN(CC3CC3)C2)nn1. The van der Waals surface area contributed by atoms with E-state index in [1.807, 2.05) is 10.9 Å². The molecule has 1 saturated heterocycles. The molecule has 0 radical (unpaired) electrons. The van der Waals surface area contributed by atoms with Crippen LogP contribution in [0.5, 0.6) is 0 Å². The zero-order valence-electron chi connectivity index (χ0n) is 8.34. The molecule has 1 aliphatic carbocycles. The first-order valence-electron chi connectivity index (χ1n) is 5.50. The van der Waals surface area contributed by atoms with E-state index in [1.54, 1.807) is 6.20 Å². The first kappa shape index (κ1) is 8.41. The van der Waals surface area contributed by atoms with Gasteiger partial charge in [-0.1, -0.05) is 5.21 Å². The van der Waals surface area contributed by atoms with Crippen LogP contribution < -0.4 is 0 Å². The van der Waals surface area contributed by atoms with Crippen LogP contribution in [0.3, 0.4) is 0 Å². The standard InChI is InChI=1S/C10H16N4/c1-2-9(1)7-13-5-3-10(8-13)14-6-4-11-12-14/h4,6,9-10H,1-3,5,7-8H2. The number of aromatic nitrogens is 3. The van der Waals surface area contributed by atoms with E-state index >= 15 is 0 Å². The highest BCUT2D eigenvalue weighted by molar-refractivity contribution is 4.85. The molecule has 2 aliphatic rings. The van der Waals surface area contributed by atoms with E-state index in [-0.39, 0.29) is 0 Å². The van der Waals surface area contributed by atoms with Gasteiger partial charge in [0.05, 0.1) is 12.2 Å². The highest BCUT2D eigenvalue weighted by Crippen LogP contribution is 2.32. The molecule has 2 heterocycles. The second-order valence-corrected chi connectivity index (χ2v) is 4.53. The van der Waals surface area contributed by atoms with Crippen LogP contribution in [0.1, 0.15) is 25.3 Å². The Labute approximate surface area is 83.9 Å². The van der Waals surface area contributed by atoms with E-state index in [9.17, 15) is 0 Å². The average molecular weight is 192 g/mol. The predicted octanol–water partition coefficient (Wildman–Crippen LogP) is 0.935. The van der Waals surface area contributed by atoms with Gasteiger partial charge in [-0.15, -0.1) is 5.10 Å². The van der Waals surface area contributed by atoms with Crippen molar-refractivity contribution in [1.29, 1.82) is 0 Å². The molecule has 3 rings (SSSR count). The van der Waals surface area contributed by atoms with Gasteiger partial charge in [0.2, 0.25) is 0 Å². The van der Waals surface area contributed by atoms with Crippen molar-refractivity contribution in [2.24, 2.45) is 5.92 Å². The zero-order valence-corrected chi connectivity index (χ0v) is 8.34. The van der Waals surface area contributed by atoms with Gasteiger partial charge in [-0.25, -0.2) is 4.68 Å². The third-order valence-electron chi connectivity index (χ3n) is 3.28. The molecule has 1 saturated carbocycles. The Balaban J connectivity index is 1.58. The second-order valence-electron chi connectivity index (χ2n) is 4.53. The van der Waals surface area contributed by atoms with Crippen molar-refractivity contribution in [2.75, 3.05) is 19.6 Å². The van der Waals surface area contributed by atoms with E-state index in [0.29, 0.717) is 6.04 Å². The topological polar surface area (TPSA) is 34.0 Å². The van der Waals surface area contributed by atoms with Crippen LogP contribution in [0.2, 0.25) is 0 Å². The van der Waals surface area contributed by atoms with Gasteiger partial charge in [-0.3, -0.25) is 0 Å². The van der Waals surface area contributed by atoms with E-state index in [4.69, 9.17) is 0 Å². The minimum Gasteiger partial charge on any atom is -0.301 e. The molecule has 4 nitrogen and oxygen atoms in total. The molecule has 1 aromatic rings. The molecular formula is C10H16N4. The molecule has 0 aromatic carbocycles. The summed E-state index contributed by atoms with van der Waals surface area (Å²) in [7, 11) is 0. The maximum Gasteiger partial charge on any atom is 0.0693 e. The highest BCUT2D eigenvalue weighted by atomic mass is 15.4. The molecule has 1 aromatic heterocycles. The van der Waals surface area contributed by atoms with E-state index in [0.717, 1.165) is 5.92 Å². The van der Waals surface area contributed by atoms with Gasteiger partial charge >= 0.3 is 0 Å². The summed E-state index contributed by atoms with van der Waals surface area (Å²) in [5.41, 5.74) is 0. The molecule has 14 heavy (non-hydrogen) atoms. The lowest BCUT2D eigenvalue weighted by Gasteiger charge is -2.14. The summed E-state index contributed by atoms with van der Waals surface area (Å²) >= 11 is 0. The van der Waals surface area contributed by atoms with Crippen LogP contribution in [-0.4, -0.2) is 39.5 Å². The largest absolute Gasteiger partial charge is 0.301 e. The Morgan fingerprint density at radius 2 is 2.21 bits per heavy atom. The van der Waals surface area contributed by atoms with Crippen LogP contribution in [-0.2, 0) is 0 Å². The van der Waals surface area contributed by atoms with Crippen LogP contribution in [0, 0.1) is 5.92 Å². The van der Waals surface area contributed by atoms with Crippen molar-refractivity contribution in [2.45, 2.75) is 25.3 Å².